The third-order valence-corrected chi connectivity index (χ3v) is 3.67. The van der Waals surface area contributed by atoms with E-state index >= 15 is 0 Å². The van der Waals surface area contributed by atoms with Gasteiger partial charge >= 0.3 is 0 Å². The van der Waals surface area contributed by atoms with E-state index in [-0.39, 0.29) is 5.54 Å². The van der Waals surface area contributed by atoms with Gasteiger partial charge in [0, 0.05) is 0 Å². The van der Waals surface area contributed by atoms with Gasteiger partial charge in [-0.05, 0) is 24.7 Å². The van der Waals surface area contributed by atoms with Gasteiger partial charge in [0.15, 0.2) is 0 Å². The molecule has 2 N–H and O–H groups in total. The van der Waals surface area contributed by atoms with Crippen LogP contribution >= 0.6 is 0 Å². The van der Waals surface area contributed by atoms with Crippen molar-refractivity contribution in [2.75, 3.05) is 6.61 Å². The molecule has 2 aliphatic rings. The molecule has 0 aromatic heterocycles. The Kier molecular flexibility index (Phi) is 2.41. The summed E-state index contributed by atoms with van der Waals surface area (Å²) >= 11 is 0. The second-order valence-corrected chi connectivity index (χ2v) is 4.94. The van der Waals surface area contributed by atoms with Crippen LogP contribution in [0.5, 0.6) is 0 Å². The van der Waals surface area contributed by atoms with E-state index in [0.29, 0.717) is 24.5 Å². The van der Waals surface area contributed by atoms with Crippen LogP contribution in [0.3, 0.4) is 0 Å². The fourth-order valence-corrected chi connectivity index (χ4v) is 3.00. The number of hydrogen-bond acceptors (Lipinski definition) is 3. The summed E-state index contributed by atoms with van der Waals surface area (Å²) in [6, 6.07) is 0.401. The highest BCUT2D eigenvalue weighted by atomic mass is 16.5. The van der Waals surface area contributed by atoms with Crippen molar-refractivity contribution in [2.24, 2.45) is 22.6 Å². The minimum Gasteiger partial charge on any atom is -0.463 e. The van der Waals surface area contributed by atoms with Crippen LogP contribution in [-0.4, -0.2) is 18.2 Å². The lowest BCUT2D eigenvalue weighted by Gasteiger charge is -2.39. The molecule has 14 heavy (non-hydrogen) atoms. The quantitative estimate of drug-likeness (QED) is 0.696. The minimum absolute atomic E-state index is 0.0243. The second-order valence-electron chi connectivity index (χ2n) is 4.94. The van der Waals surface area contributed by atoms with Crippen LogP contribution in [0.4, 0.5) is 0 Å². The minimum atomic E-state index is 0.0243. The first-order valence-electron chi connectivity index (χ1n) is 5.62. The summed E-state index contributed by atoms with van der Waals surface area (Å²) in [5.74, 6) is 1.32. The van der Waals surface area contributed by atoms with Crippen LogP contribution in [0, 0.1) is 11.8 Å². The standard InChI is InChI=1S/C11H20N2O/c1-8(2)9-5-3-4-6-11(9)7-14-10(12)13-11/h8-9H,3-7H2,1-2H3,(H2,12,13). The third-order valence-electron chi connectivity index (χ3n) is 3.67. The monoisotopic (exact) mass is 196 g/mol. The lowest BCUT2D eigenvalue weighted by molar-refractivity contribution is 0.108. The zero-order valence-corrected chi connectivity index (χ0v) is 9.12. The van der Waals surface area contributed by atoms with Gasteiger partial charge in [0.2, 0.25) is 0 Å². The van der Waals surface area contributed by atoms with Crippen molar-refractivity contribution in [3.05, 3.63) is 0 Å². The largest absolute Gasteiger partial charge is 0.463 e. The highest BCUT2D eigenvalue weighted by molar-refractivity contribution is 5.73. The number of nitrogens with zero attached hydrogens (tertiary/aromatic N) is 1. The van der Waals surface area contributed by atoms with Gasteiger partial charge in [0.05, 0.1) is 0 Å². The van der Waals surface area contributed by atoms with Crippen molar-refractivity contribution >= 4 is 6.02 Å². The van der Waals surface area contributed by atoms with Crippen LogP contribution in [-0.2, 0) is 4.74 Å². The Bertz CT molecular complexity index is 250. The Labute approximate surface area is 85.7 Å². The molecule has 1 heterocycles. The lowest BCUT2D eigenvalue weighted by atomic mass is 9.69. The molecule has 3 heteroatoms. The first kappa shape index (κ1) is 9.81. The lowest BCUT2D eigenvalue weighted by Crippen LogP contribution is -2.43. The SMILES string of the molecule is CC(C)C1CCCCC12COC(N)=N2. The highest BCUT2D eigenvalue weighted by Gasteiger charge is 2.45. The fourth-order valence-electron chi connectivity index (χ4n) is 3.00. The average molecular weight is 196 g/mol. The number of amidine groups is 1. The average Bonchev–Trinajstić information content (AvgIpc) is 2.48. The van der Waals surface area contributed by atoms with E-state index in [0.717, 1.165) is 6.42 Å². The molecule has 1 aliphatic heterocycles. The maximum atomic E-state index is 5.63. The van der Waals surface area contributed by atoms with Gasteiger partial charge in [0.1, 0.15) is 12.1 Å². The summed E-state index contributed by atoms with van der Waals surface area (Å²) in [5.41, 5.74) is 5.65. The normalized spacial score (nSPS) is 37.4. The first-order chi connectivity index (χ1) is 6.64. The van der Waals surface area contributed by atoms with Crippen molar-refractivity contribution in [3.8, 4) is 0 Å². The van der Waals surface area contributed by atoms with Crippen LogP contribution in [0.1, 0.15) is 39.5 Å². The Morgan fingerprint density at radius 3 is 2.86 bits per heavy atom. The van der Waals surface area contributed by atoms with E-state index in [1.807, 2.05) is 0 Å². The van der Waals surface area contributed by atoms with Crippen LogP contribution in [0.2, 0.25) is 0 Å². The molecule has 0 amide bonds. The molecule has 1 fully saturated rings. The van der Waals surface area contributed by atoms with Gasteiger partial charge in [-0.2, -0.15) is 0 Å². The molecule has 1 spiro atoms. The summed E-state index contributed by atoms with van der Waals surface area (Å²) in [5, 5.41) is 0. The Hall–Kier alpha value is -0.730. The molecule has 0 aromatic rings. The molecule has 0 aromatic carbocycles. The van der Waals surface area contributed by atoms with Gasteiger partial charge in [-0.25, -0.2) is 4.99 Å². The summed E-state index contributed by atoms with van der Waals surface area (Å²) in [7, 11) is 0. The van der Waals surface area contributed by atoms with Crippen molar-refractivity contribution in [1.82, 2.24) is 0 Å². The van der Waals surface area contributed by atoms with E-state index in [1.54, 1.807) is 0 Å². The molecule has 80 valence electrons. The van der Waals surface area contributed by atoms with E-state index in [9.17, 15) is 0 Å². The fraction of sp³-hybridized carbons (Fsp3) is 0.909. The van der Waals surface area contributed by atoms with Crippen LogP contribution in [0.15, 0.2) is 4.99 Å². The van der Waals surface area contributed by atoms with Crippen molar-refractivity contribution < 1.29 is 4.74 Å². The number of rotatable bonds is 1. The predicted octanol–water partition coefficient (Wildman–Crippen LogP) is 1.92. The molecule has 1 aliphatic carbocycles. The molecule has 2 rings (SSSR count). The molecular formula is C11H20N2O. The van der Waals surface area contributed by atoms with Crippen LogP contribution in [0.25, 0.3) is 0 Å². The Balaban J connectivity index is 2.21. The summed E-state index contributed by atoms with van der Waals surface area (Å²) < 4.78 is 5.35. The number of hydrogen-bond donors (Lipinski definition) is 1. The molecule has 0 saturated heterocycles. The van der Waals surface area contributed by atoms with Crippen molar-refractivity contribution in [2.45, 2.75) is 45.1 Å². The third kappa shape index (κ3) is 1.49. The molecule has 2 atom stereocenters. The molecule has 0 bridgehead atoms. The number of ether oxygens (including phenoxy) is 1. The Morgan fingerprint density at radius 2 is 2.29 bits per heavy atom. The van der Waals surface area contributed by atoms with Crippen molar-refractivity contribution in [3.63, 3.8) is 0 Å². The maximum Gasteiger partial charge on any atom is 0.282 e. The molecule has 1 saturated carbocycles. The zero-order valence-electron chi connectivity index (χ0n) is 9.12. The zero-order chi connectivity index (χ0) is 10.2. The number of aliphatic imine (C=N–C) groups is 1. The molecular weight excluding hydrogens is 176 g/mol. The summed E-state index contributed by atoms with van der Waals surface area (Å²) in [4.78, 5) is 4.55. The second kappa shape index (κ2) is 3.44. The van der Waals surface area contributed by atoms with E-state index in [2.05, 4.69) is 18.8 Å². The van der Waals surface area contributed by atoms with Crippen LogP contribution < -0.4 is 5.73 Å². The smallest absolute Gasteiger partial charge is 0.282 e. The first-order valence-corrected chi connectivity index (χ1v) is 5.62. The summed E-state index contributed by atoms with van der Waals surface area (Å²) in [6.07, 6.45) is 5.03. The van der Waals surface area contributed by atoms with E-state index < -0.39 is 0 Å². The van der Waals surface area contributed by atoms with Gasteiger partial charge in [-0.15, -0.1) is 0 Å². The summed E-state index contributed by atoms with van der Waals surface area (Å²) in [6.45, 7) is 5.27. The van der Waals surface area contributed by atoms with Gasteiger partial charge < -0.3 is 10.5 Å². The van der Waals surface area contributed by atoms with Gasteiger partial charge in [-0.3, -0.25) is 0 Å². The predicted molar refractivity (Wildman–Crippen MR) is 57.1 cm³/mol. The Morgan fingerprint density at radius 1 is 1.50 bits per heavy atom. The molecule has 3 nitrogen and oxygen atoms in total. The van der Waals surface area contributed by atoms with Gasteiger partial charge in [-0.1, -0.05) is 26.7 Å². The number of nitrogens with two attached hydrogens (primary N) is 1. The van der Waals surface area contributed by atoms with E-state index in [4.69, 9.17) is 10.5 Å². The maximum absolute atomic E-state index is 5.63. The highest BCUT2D eigenvalue weighted by Crippen LogP contribution is 2.43. The molecule has 0 radical (unpaired) electrons. The van der Waals surface area contributed by atoms with E-state index in [1.165, 1.54) is 19.3 Å². The molecule has 2 unspecified atom stereocenters. The topological polar surface area (TPSA) is 47.6 Å². The van der Waals surface area contributed by atoms with Gasteiger partial charge in [0.25, 0.3) is 6.02 Å². The van der Waals surface area contributed by atoms with Crippen molar-refractivity contribution in [1.29, 1.82) is 0 Å².